The minimum absolute atomic E-state index is 0.764. The second kappa shape index (κ2) is 2.84. The molecule has 0 aliphatic carbocycles. The number of nitrogens with zero attached hydrogens (tertiary/aromatic N) is 2. The van der Waals surface area contributed by atoms with Crippen LogP contribution in [-0.2, 0) is 0 Å². The number of halogens is 1. The smallest absolute Gasteiger partial charge is 0.146 e. The van der Waals surface area contributed by atoms with Gasteiger partial charge in [-0.05, 0) is 0 Å². The molecule has 0 unspecified atom stereocenters. The summed E-state index contributed by atoms with van der Waals surface area (Å²) < 4.78 is 7.52. The first-order valence-electron chi connectivity index (χ1n) is 3.38. The third kappa shape index (κ3) is 1.26. The number of fused-ring (bicyclic) bond motifs is 1. The Balaban J connectivity index is 2.44. The molecular weight excluding hydrogens is 255 g/mol. The summed E-state index contributed by atoms with van der Waals surface area (Å²) in [6, 6.07) is 1.89. The lowest BCUT2D eigenvalue weighted by Crippen LogP contribution is -2.23. The lowest BCUT2D eigenvalue weighted by molar-refractivity contribution is 0.318. The molecule has 1 aromatic heterocycles. The third-order valence-electron chi connectivity index (χ3n) is 1.57. The lowest BCUT2D eigenvalue weighted by Gasteiger charge is -2.24. The summed E-state index contributed by atoms with van der Waals surface area (Å²) in [5.41, 5.74) is 1.07. The highest BCUT2D eigenvalue weighted by atomic mass is 127. The average molecular weight is 262 g/mol. The van der Waals surface area contributed by atoms with E-state index in [1.807, 2.05) is 12.3 Å². The zero-order valence-corrected chi connectivity index (χ0v) is 7.98. The Morgan fingerprint density at radius 1 is 1.64 bits per heavy atom. The van der Waals surface area contributed by atoms with Gasteiger partial charge in [-0.3, -0.25) is 4.98 Å². The molecule has 0 spiro atoms. The second-order valence-corrected chi connectivity index (χ2v) is 3.44. The Hall–Kier alpha value is -0.520. The Labute approximate surface area is 78.9 Å². The molecule has 0 radical (unpaired) electrons. The first kappa shape index (κ1) is 7.15. The van der Waals surface area contributed by atoms with Gasteiger partial charge in [-0.25, -0.2) is 0 Å². The van der Waals surface area contributed by atoms with Crippen molar-refractivity contribution in [3.63, 3.8) is 0 Å². The van der Waals surface area contributed by atoms with Crippen LogP contribution in [-0.4, -0.2) is 18.1 Å². The Bertz CT molecular complexity index is 266. The molecule has 0 amide bonds. The van der Waals surface area contributed by atoms with Crippen LogP contribution in [0.25, 0.3) is 0 Å². The van der Waals surface area contributed by atoms with Crippen molar-refractivity contribution in [2.24, 2.45) is 0 Å². The van der Waals surface area contributed by atoms with Crippen molar-refractivity contribution >= 4 is 28.6 Å². The van der Waals surface area contributed by atoms with Gasteiger partial charge in [0.25, 0.3) is 0 Å². The summed E-state index contributed by atoms with van der Waals surface area (Å²) in [6.07, 6.45) is 3.57. The van der Waals surface area contributed by atoms with Gasteiger partial charge in [-0.15, -0.1) is 0 Å². The third-order valence-corrected chi connectivity index (χ3v) is 2.57. The zero-order chi connectivity index (χ0) is 7.68. The largest absolute Gasteiger partial charge is 0.489 e. The monoisotopic (exact) mass is 262 g/mol. The van der Waals surface area contributed by atoms with Gasteiger partial charge in [0.15, 0.2) is 0 Å². The number of hydrogen-bond donors (Lipinski definition) is 0. The van der Waals surface area contributed by atoms with Gasteiger partial charge in [0.05, 0.1) is 35.6 Å². The number of pyridine rings is 1. The molecule has 2 rings (SSSR count). The highest BCUT2D eigenvalue weighted by molar-refractivity contribution is 14.1. The van der Waals surface area contributed by atoms with Crippen molar-refractivity contribution in [3.8, 4) is 5.75 Å². The molecule has 11 heavy (non-hydrogen) atoms. The molecule has 0 saturated carbocycles. The lowest BCUT2D eigenvalue weighted by atomic mass is 10.3. The van der Waals surface area contributed by atoms with E-state index in [4.69, 9.17) is 4.74 Å². The maximum absolute atomic E-state index is 5.41. The standard InChI is InChI=1S/C7H7IN2O/c8-10-3-4-11-7-1-2-9-5-6(7)10/h1-2,5H,3-4H2. The predicted molar refractivity (Wildman–Crippen MR) is 51.1 cm³/mol. The van der Waals surface area contributed by atoms with Crippen LogP contribution in [0.15, 0.2) is 18.5 Å². The van der Waals surface area contributed by atoms with Crippen LogP contribution in [0, 0.1) is 0 Å². The van der Waals surface area contributed by atoms with Crippen LogP contribution in [0.4, 0.5) is 5.69 Å². The fourth-order valence-electron chi connectivity index (χ4n) is 1.03. The molecule has 58 valence electrons. The van der Waals surface area contributed by atoms with E-state index < -0.39 is 0 Å². The van der Waals surface area contributed by atoms with Crippen LogP contribution >= 0.6 is 22.9 Å². The van der Waals surface area contributed by atoms with E-state index in [0.717, 1.165) is 24.6 Å². The summed E-state index contributed by atoms with van der Waals surface area (Å²) in [5.74, 6) is 0.931. The van der Waals surface area contributed by atoms with Crippen molar-refractivity contribution < 1.29 is 4.74 Å². The predicted octanol–water partition coefficient (Wildman–Crippen LogP) is 1.63. The fourth-order valence-corrected chi connectivity index (χ4v) is 1.59. The second-order valence-electron chi connectivity index (χ2n) is 2.28. The van der Waals surface area contributed by atoms with Crippen molar-refractivity contribution in [1.29, 1.82) is 0 Å². The van der Waals surface area contributed by atoms with E-state index in [0.29, 0.717) is 0 Å². The highest BCUT2D eigenvalue weighted by Gasteiger charge is 2.14. The van der Waals surface area contributed by atoms with E-state index in [1.165, 1.54) is 0 Å². The zero-order valence-electron chi connectivity index (χ0n) is 5.83. The SMILES string of the molecule is IN1CCOc2ccncc21. The van der Waals surface area contributed by atoms with Gasteiger partial charge in [-0.2, -0.15) is 0 Å². The molecule has 3 nitrogen and oxygen atoms in total. The molecule has 0 saturated heterocycles. The molecule has 2 heterocycles. The van der Waals surface area contributed by atoms with Gasteiger partial charge in [0.1, 0.15) is 18.0 Å². The molecule has 0 aromatic carbocycles. The molecule has 0 fully saturated rings. The van der Waals surface area contributed by atoms with Crippen molar-refractivity contribution in [3.05, 3.63) is 18.5 Å². The van der Waals surface area contributed by atoms with Crippen LogP contribution in [0.5, 0.6) is 5.75 Å². The number of rotatable bonds is 0. The van der Waals surface area contributed by atoms with Crippen molar-refractivity contribution in [1.82, 2.24) is 4.98 Å². The average Bonchev–Trinajstić information content (AvgIpc) is 2.06. The molecule has 0 bridgehead atoms. The normalized spacial score (nSPS) is 15.5. The Morgan fingerprint density at radius 2 is 2.55 bits per heavy atom. The first-order valence-corrected chi connectivity index (χ1v) is 4.34. The number of aromatic nitrogens is 1. The van der Waals surface area contributed by atoms with Crippen LogP contribution in [0.1, 0.15) is 0 Å². The molecule has 4 heteroatoms. The number of ether oxygens (including phenoxy) is 1. The molecular formula is C7H7IN2O. The van der Waals surface area contributed by atoms with Crippen molar-refractivity contribution in [2.45, 2.75) is 0 Å². The van der Waals surface area contributed by atoms with E-state index in [-0.39, 0.29) is 0 Å². The summed E-state index contributed by atoms with van der Waals surface area (Å²) in [4.78, 5) is 4.02. The Morgan fingerprint density at radius 3 is 3.36 bits per heavy atom. The molecule has 0 atom stereocenters. The topological polar surface area (TPSA) is 25.4 Å². The quantitative estimate of drug-likeness (QED) is 0.525. The maximum atomic E-state index is 5.41. The summed E-state index contributed by atoms with van der Waals surface area (Å²) in [5, 5.41) is 0. The van der Waals surface area contributed by atoms with Gasteiger partial charge < -0.3 is 7.85 Å². The number of hydrogen-bond acceptors (Lipinski definition) is 3. The van der Waals surface area contributed by atoms with Crippen molar-refractivity contribution in [2.75, 3.05) is 16.3 Å². The van der Waals surface area contributed by atoms with E-state index in [9.17, 15) is 0 Å². The van der Waals surface area contributed by atoms with Gasteiger partial charge in [0.2, 0.25) is 0 Å². The maximum Gasteiger partial charge on any atom is 0.146 e. The minimum Gasteiger partial charge on any atom is -0.489 e. The summed E-state index contributed by atoms with van der Waals surface area (Å²) in [7, 11) is 0. The van der Waals surface area contributed by atoms with Gasteiger partial charge >= 0.3 is 0 Å². The molecule has 1 aliphatic rings. The van der Waals surface area contributed by atoms with E-state index in [1.54, 1.807) is 6.20 Å². The van der Waals surface area contributed by atoms with Gasteiger partial charge in [-0.1, -0.05) is 0 Å². The van der Waals surface area contributed by atoms with Crippen LogP contribution < -0.4 is 7.85 Å². The highest BCUT2D eigenvalue weighted by Crippen LogP contribution is 2.31. The summed E-state index contributed by atoms with van der Waals surface area (Å²) >= 11 is 2.26. The molecule has 0 N–H and O–H groups in total. The minimum atomic E-state index is 0.764. The molecule has 1 aromatic rings. The van der Waals surface area contributed by atoms with E-state index in [2.05, 4.69) is 31.0 Å². The number of anilines is 1. The first-order chi connectivity index (χ1) is 5.38. The Kier molecular flexibility index (Phi) is 1.85. The summed E-state index contributed by atoms with van der Waals surface area (Å²) in [6.45, 7) is 1.69. The van der Waals surface area contributed by atoms with E-state index >= 15 is 0 Å². The van der Waals surface area contributed by atoms with Crippen LogP contribution in [0.2, 0.25) is 0 Å². The van der Waals surface area contributed by atoms with Gasteiger partial charge in [0, 0.05) is 12.3 Å². The fraction of sp³-hybridized carbons (Fsp3) is 0.286. The molecule has 1 aliphatic heterocycles. The van der Waals surface area contributed by atoms with Crippen LogP contribution in [0.3, 0.4) is 0 Å².